The van der Waals surface area contributed by atoms with Crippen LogP contribution >= 0.6 is 11.6 Å². The summed E-state index contributed by atoms with van der Waals surface area (Å²) in [5, 5.41) is 12.6. The molecule has 3 rings (SSSR count). The Morgan fingerprint density at radius 1 is 1.28 bits per heavy atom. The molecule has 0 saturated carbocycles. The summed E-state index contributed by atoms with van der Waals surface area (Å²) < 4.78 is 30.4. The predicted molar refractivity (Wildman–Crippen MR) is 107 cm³/mol. The van der Waals surface area contributed by atoms with Crippen molar-refractivity contribution in [3.05, 3.63) is 65.2 Å². The first-order valence-corrected chi connectivity index (χ1v) is 10.3. The number of methoxy groups -OCH3 is 1. The summed E-state index contributed by atoms with van der Waals surface area (Å²) in [4.78, 5) is 16.2. The fourth-order valence-electron chi connectivity index (χ4n) is 2.64. The van der Waals surface area contributed by atoms with Crippen molar-refractivity contribution >= 4 is 33.2 Å². The van der Waals surface area contributed by atoms with Gasteiger partial charge in [0.1, 0.15) is 17.8 Å². The third-order valence-electron chi connectivity index (χ3n) is 3.92. The highest BCUT2D eigenvalue weighted by molar-refractivity contribution is 7.89. The Morgan fingerprint density at radius 2 is 2.03 bits per heavy atom. The molecular formula is C18H18ClN5O4S. The van der Waals surface area contributed by atoms with E-state index in [4.69, 9.17) is 21.5 Å². The van der Waals surface area contributed by atoms with Gasteiger partial charge in [0.15, 0.2) is 5.82 Å². The molecule has 0 bridgehead atoms. The van der Waals surface area contributed by atoms with E-state index >= 15 is 0 Å². The molecule has 0 atom stereocenters. The van der Waals surface area contributed by atoms with Gasteiger partial charge in [0, 0.05) is 17.8 Å². The molecule has 0 aliphatic rings. The summed E-state index contributed by atoms with van der Waals surface area (Å²) in [5.74, 6) is 0.0272. The lowest BCUT2D eigenvalue weighted by Crippen LogP contribution is -2.18. The van der Waals surface area contributed by atoms with Crippen LogP contribution in [0.15, 0.2) is 53.7 Å². The number of nitrogens with one attached hydrogen (secondary N) is 1. The average Bonchev–Trinajstić information content (AvgIpc) is 3.12. The normalized spacial score (nSPS) is 11.4. The number of benzene rings is 2. The fraction of sp³-hybridized carbons (Fsp3) is 0.167. The molecule has 0 fully saturated rings. The van der Waals surface area contributed by atoms with Crippen molar-refractivity contribution in [3.63, 3.8) is 0 Å². The van der Waals surface area contributed by atoms with Gasteiger partial charge in [-0.2, -0.15) is 0 Å². The number of ether oxygens (including phenoxy) is 1. The first-order valence-electron chi connectivity index (χ1n) is 8.38. The standard InChI is InChI=1S/C18H18ClN5O4S/c1-28-10-17-21-11-24(23-17)15-7-6-13(9-16(15)29(20,26)27)22-18(25)8-12-4-2-3-5-14(12)19/h2-7,9,11H,8,10H2,1H3,(H,22,25)(H2,20,26,27). The van der Waals surface area contributed by atoms with Crippen LogP contribution in [0.2, 0.25) is 5.02 Å². The van der Waals surface area contributed by atoms with E-state index in [1.807, 2.05) is 0 Å². The highest BCUT2D eigenvalue weighted by Crippen LogP contribution is 2.23. The maximum Gasteiger partial charge on any atom is 0.240 e. The van der Waals surface area contributed by atoms with Gasteiger partial charge in [-0.1, -0.05) is 29.8 Å². The number of hydrogen-bond acceptors (Lipinski definition) is 6. The summed E-state index contributed by atoms with van der Waals surface area (Å²) in [5.41, 5.74) is 1.13. The number of sulfonamides is 1. The van der Waals surface area contributed by atoms with Gasteiger partial charge in [0.25, 0.3) is 0 Å². The van der Waals surface area contributed by atoms with Crippen molar-refractivity contribution in [2.24, 2.45) is 5.14 Å². The van der Waals surface area contributed by atoms with Crippen molar-refractivity contribution in [2.75, 3.05) is 12.4 Å². The monoisotopic (exact) mass is 435 g/mol. The summed E-state index contributed by atoms with van der Waals surface area (Å²) in [6, 6.07) is 11.3. The number of nitrogens with zero attached hydrogens (tertiary/aromatic N) is 3. The second-order valence-corrected chi connectivity index (χ2v) is 8.02. The number of nitrogens with two attached hydrogens (primary N) is 1. The lowest BCUT2D eigenvalue weighted by atomic mass is 10.1. The van der Waals surface area contributed by atoms with Gasteiger partial charge in [-0.15, -0.1) is 5.10 Å². The van der Waals surface area contributed by atoms with Crippen LogP contribution in [0.25, 0.3) is 5.69 Å². The number of aromatic nitrogens is 3. The molecule has 0 spiro atoms. The molecule has 1 aromatic heterocycles. The molecule has 0 aliphatic heterocycles. The molecule has 9 nitrogen and oxygen atoms in total. The largest absolute Gasteiger partial charge is 0.377 e. The second kappa shape index (κ2) is 8.70. The Labute approximate surface area is 172 Å². The minimum Gasteiger partial charge on any atom is -0.377 e. The maximum atomic E-state index is 12.3. The van der Waals surface area contributed by atoms with E-state index in [9.17, 15) is 13.2 Å². The molecule has 0 saturated heterocycles. The van der Waals surface area contributed by atoms with E-state index < -0.39 is 10.0 Å². The number of hydrogen-bond donors (Lipinski definition) is 2. The van der Waals surface area contributed by atoms with Crippen LogP contribution in [-0.4, -0.2) is 36.2 Å². The van der Waals surface area contributed by atoms with Crippen molar-refractivity contribution < 1.29 is 17.9 Å². The Hall–Kier alpha value is -2.79. The molecule has 0 aliphatic carbocycles. The number of halogens is 1. The summed E-state index contributed by atoms with van der Waals surface area (Å²) >= 11 is 6.07. The quantitative estimate of drug-likeness (QED) is 0.583. The molecule has 3 N–H and O–H groups in total. The Morgan fingerprint density at radius 3 is 2.72 bits per heavy atom. The number of anilines is 1. The van der Waals surface area contributed by atoms with E-state index in [-0.39, 0.29) is 35.2 Å². The Balaban J connectivity index is 1.87. The topological polar surface area (TPSA) is 129 Å². The van der Waals surface area contributed by atoms with Crippen molar-refractivity contribution in [1.82, 2.24) is 14.8 Å². The number of primary sulfonamides is 1. The zero-order valence-corrected chi connectivity index (χ0v) is 16.9. The second-order valence-electron chi connectivity index (χ2n) is 6.08. The van der Waals surface area contributed by atoms with Crippen LogP contribution in [-0.2, 0) is 32.6 Å². The first kappa shape index (κ1) is 20.9. The third kappa shape index (κ3) is 5.18. The predicted octanol–water partition coefficient (Wildman–Crippen LogP) is 1.90. The highest BCUT2D eigenvalue weighted by atomic mass is 35.5. The molecule has 3 aromatic rings. The molecule has 0 unspecified atom stereocenters. The molecule has 2 aromatic carbocycles. The Kier molecular flexibility index (Phi) is 6.28. The molecule has 29 heavy (non-hydrogen) atoms. The highest BCUT2D eigenvalue weighted by Gasteiger charge is 2.18. The fourth-order valence-corrected chi connectivity index (χ4v) is 3.58. The van der Waals surface area contributed by atoms with E-state index in [0.29, 0.717) is 16.4 Å². The number of rotatable bonds is 7. The van der Waals surface area contributed by atoms with Gasteiger partial charge < -0.3 is 10.1 Å². The number of carbonyl (C=O) groups excluding carboxylic acids is 1. The molecule has 1 heterocycles. The summed E-state index contributed by atoms with van der Waals surface area (Å²) in [7, 11) is -2.60. The van der Waals surface area contributed by atoms with Gasteiger partial charge in [-0.25, -0.2) is 23.2 Å². The molecule has 0 radical (unpaired) electrons. The minimum absolute atomic E-state index is 0.0373. The SMILES string of the molecule is COCc1ncn(-c2ccc(NC(=O)Cc3ccccc3Cl)cc2S(N)(=O)=O)n1. The van der Waals surface area contributed by atoms with Gasteiger partial charge >= 0.3 is 0 Å². The van der Waals surface area contributed by atoms with Crippen LogP contribution in [0, 0.1) is 0 Å². The van der Waals surface area contributed by atoms with Crippen LogP contribution in [0.1, 0.15) is 11.4 Å². The zero-order chi connectivity index (χ0) is 21.0. The van der Waals surface area contributed by atoms with E-state index in [0.717, 1.165) is 0 Å². The van der Waals surface area contributed by atoms with Crippen molar-refractivity contribution in [2.45, 2.75) is 17.9 Å². The summed E-state index contributed by atoms with van der Waals surface area (Å²) in [6.45, 7) is 0.174. The van der Waals surface area contributed by atoms with Crippen LogP contribution in [0.5, 0.6) is 0 Å². The van der Waals surface area contributed by atoms with Gasteiger partial charge in [0.2, 0.25) is 15.9 Å². The van der Waals surface area contributed by atoms with Crippen LogP contribution in [0.3, 0.4) is 0 Å². The van der Waals surface area contributed by atoms with Crippen LogP contribution < -0.4 is 10.5 Å². The number of carbonyl (C=O) groups is 1. The Bertz CT molecular complexity index is 1150. The smallest absolute Gasteiger partial charge is 0.240 e. The van der Waals surface area contributed by atoms with E-state index in [1.165, 1.54) is 30.3 Å². The zero-order valence-electron chi connectivity index (χ0n) is 15.4. The number of amides is 1. The van der Waals surface area contributed by atoms with Gasteiger partial charge in [0.05, 0.1) is 12.1 Å². The molecule has 1 amide bonds. The lowest BCUT2D eigenvalue weighted by molar-refractivity contribution is -0.115. The maximum absolute atomic E-state index is 12.3. The average molecular weight is 436 g/mol. The van der Waals surface area contributed by atoms with Crippen molar-refractivity contribution in [1.29, 1.82) is 0 Å². The first-order chi connectivity index (χ1) is 13.8. The third-order valence-corrected chi connectivity index (χ3v) is 5.23. The summed E-state index contributed by atoms with van der Waals surface area (Å²) in [6.07, 6.45) is 1.39. The molecule has 11 heteroatoms. The van der Waals surface area contributed by atoms with Crippen molar-refractivity contribution in [3.8, 4) is 5.69 Å². The molecular weight excluding hydrogens is 418 g/mol. The molecule has 152 valence electrons. The van der Waals surface area contributed by atoms with Crippen LogP contribution in [0.4, 0.5) is 5.69 Å². The van der Waals surface area contributed by atoms with E-state index in [1.54, 1.807) is 30.3 Å². The minimum atomic E-state index is -4.10. The van der Waals surface area contributed by atoms with E-state index in [2.05, 4.69) is 15.4 Å². The van der Waals surface area contributed by atoms with Gasteiger partial charge in [-0.05, 0) is 29.8 Å². The van der Waals surface area contributed by atoms with Gasteiger partial charge in [-0.3, -0.25) is 4.79 Å². The lowest BCUT2D eigenvalue weighted by Gasteiger charge is -2.11.